The van der Waals surface area contributed by atoms with Crippen LogP contribution in [0.3, 0.4) is 0 Å². The zero-order valence-corrected chi connectivity index (χ0v) is 10.3. The van der Waals surface area contributed by atoms with Gasteiger partial charge in [0.1, 0.15) is 0 Å². The fraction of sp³-hybridized carbons (Fsp3) is 1.00. The Bertz CT molecular complexity index is 325. The van der Waals surface area contributed by atoms with Crippen LogP contribution in [0.1, 0.15) is 19.3 Å². The molecule has 1 saturated heterocycles. The van der Waals surface area contributed by atoms with Crippen LogP contribution in [-0.2, 0) is 14.8 Å². The van der Waals surface area contributed by atoms with E-state index in [-0.39, 0.29) is 11.7 Å². The van der Waals surface area contributed by atoms with Gasteiger partial charge in [0.2, 0.25) is 10.0 Å². The third-order valence-corrected chi connectivity index (χ3v) is 4.47. The predicted molar refractivity (Wildman–Crippen MR) is 61.5 cm³/mol. The Morgan fingerprint density at radius 1 is 1.25 bits per heavy atom. The van der Waals surface area contributed by atoms with E-state index >= 15 is 0 Å². The first-order chi connectivity index (χ1) is 7.56. The minimum atomic E-state index is -3.34. The number of sulfonamides is 1. The van der Waals surface area contributed by atoms with Crippen LogP contribution in [0.5, 0.6) is 0 Å². The summed E-state index contributed by atoms with van der Waals surface area (Å²) in [5, 5.41) is 5.14. The highest BCUT2D eigenvalue weighted by Crippen LogP contribution is 2.31. The molecule has 0 amide bonds. The quantitative estimate of drug-likeness (QED) is 0.749. The number of nitrogens with zero attached hydrogens (tertiary/aromatic N) is 1. The number of primary sulfonamides is 1. The molecule has 5 nitrogen and oxygen atoms in total. The molecule has 2 atom stereocenters. The number of hydrogen-bond donors (Lipinski definition) is 1. The largest absolute Gasteiger partial charge is 0.379 e. The van der Waals surface area contributed by atoms with E-state index in [0.717, 1.165) is 45.6 Å². The summed E-state index contributed by atoms with van der Waals surface area (Å²) in [7, 11) is -3.34. The molecule has 2 rings (SSSR count). The van der Waals surface area contributed by atoms with E-state index in [9.17, 15) is 8.42 Å². The second-order valence-corrected chi connectivity index (χ2v) is 6.40. The SMILES string of the molecule is NS(=O)(=O)CC1CCCC1N1CCOCC1. The highest BCUT2D eigenvalue weighted by molar-refractivity contribution is 7.89. The van der Waals surface area contributed by atoms with Gasteiger partial charge in [-0.1, -0.05) is 6.42 Å². The van der Waals surface area contributed by atoms with E-state index in [1.165, 1.54) is 0 Å². The molecule has 0 aromatic heterocycles. The summed E-state index contributed by atoms with van der Waals surface area (Å²) in [6, 6.07) is 0.391. The van der Waals surface area contributed by atoms with Gasteiger partial charge in [0.25, 0.3) is 0 Å². The smallest absolute Gasteiger partial charge is 0.209 e. The Balaban J connectivity index is 1.97. The van der Waals surface area contributed by atoms with Gasteiger partial charge in [-0.05, 0) is 18.8 Å². The van der Waals surface area contributed by atoms with E-state index in [1.54, 1.807) is 0 Å². The summed E-state index contributed by atoms with van der Waals surface area (Å²) in [5.74, 6) is 0.350. The van der Waals surface area contributed by atoms with Crippen LogP contribution in [0.15, 0.2) is 0 Å². The highest BCUT2D eigenvalue weighted by Gasteiger charge is 2.34. The minimum absolute atomic E-state index is 0.134. The second kappa shape index (κ2) is 5.00. The molecule has 0 aromatic rings. The van der Waals surface area contributed by atoms with Gasteiger partial charge in [0.15, 0.2) is 0 Å². The summed E-state index contributed by atoms with van der Waals surface area (Å²) < 4.78 is 27.6. The van der Waals surface area contributed by atoms with Crippen molar-refractivity contribution in [2.24, 2.45) is 11.1 Å². The van der Waals surface area contributed by atoms with E-state index in [2.05, 4.69) is 4.90 Å². The van der Waals surface area contributed by atoms with Gasteiger partial charge < -0.3 is 4.74 Å². The molecule has 2 N–H and O–H groups in total. The van der Waals surface area contributed by atoms with Gasteiger partial charge in [-0.25, -0.2) is 13.6 Å². The van der Waals surface area contributed by atoms with Gasteiger partial charge in [-0.15, -0.1) is 0 Å². The van der Waals surface area contributed by atoms with Crippen LogP contribution >= 0.6 is 0 Å². The van der Waals surface area contributed by atoms with Crippen molar-refractivity contribution in [1.82, 2.24) is 4.90 Å². The molecule has 2 unspecified atom stereocenters. The first-order valence-electron chi connectivity index (χ1n) is 5.88. The number of morpholine rings is 1. The van der Waals surface area contributed by atoms with Crippen molar-refractivity contribution in [3.63, 3.8) is 0 Å². The Labute approximate surface area is 97.0 Å². The van der Waals surface area contributed by atoms with Crippen LogP contribution in [0.2, 0.25) is 0 Å². The summed E-state index contributed by atoms with van der Waals surface area (Å²) in [6.45, 7) is 3.37. The zero-order chi connectivity index (χ0) is 11.6. The molecular weight excluding hydrogens is 228 g/mol. The first kappa shape index (κ1) is 12.3. The van der Waals surface area contributed by atoms with Crippen molar-refractivity contribution in [3.05, 3.63) is 0 Å². The molecule has 1 aliphatic heterocycles. The van der Waals surface area contributed by atoms with E-state index in [1.807, 2.05) is 0 Å². The van der Waals surface area contributed by atoms with Crippen LogP contribution in [0.25, 0.3) is 0 Å². The third kappa shape index (κ3) is 3.16. The van der Waals surface area contributed by atoms with Crippen LogP contribution < -0.4 is 5.14 Å². The average Bonchev–Trinajstić information content (AvgIpc) is 2.64. The van der Waals surface area contributed by atoms with Gasteiger partial charge >= 0.3 is 0 Å². The Morgan fingerprint density at radius 3 is 2.56 bits per heavy atom. The molecule has 2 aliphatic rings. The van der Waals surface area contributed by atoms with Crippen molar-refractivity contribution in [2.45, 2.75) is 25.3 Å². The number of hydrogen-bond acceptors (Lipinski definition) is 4. The lowest BCUT2D eigenvalue weighted by Crippen LogP contribution is -2.46. The number of nitrogens with two attached hydrogens (primary N) is 1. The van der Waals surface area contributed by atoms with Gasteiger partial charge in [-0.2, -0.15) is 0 Å². The monoisotopic (exact) mass is 248 g/mol. The fourth-order valence-electron chi connectivity index (χ4n) is 2.90. The van der Waals surface area contributed by atoms with Crippen molar-refractivity contribution in [2.75, 3.05) is 32.1 Å². The van der Waals surface area contributed by atoms with Crippen molar-refractivity contribution < 1.29 is 13.2 Å². The fourth-order valence-corrected chi connectivity index (χ4v) is 3.89. The highest BCUT2D eigenvalue weighted by atomic mass is 32.2. The van der Waals surface area contributed by atoms with Gasteiger partial charge in [0.05, 0.1) is 19.0 Å². The topological polar surface area (TPSA) is 72.6 Å². The maximum Gasteiger partial charge on any atom is 0.209 e. The van der Waals surface area contributed by atoms with E-state index in [0.29, 0.717) is 6.04 Å². The lowest BCUT2D eigenvalue weighted by Gasteiger charge is -2.35. The molecule has 1 saturated carbocycles. The molecule has 0 aromatic carbocycles. The molecule has 0 bridgehead atoms. The Morgan fingerprint density at radius 2 is 1.94 bits per heavy atom. The van der Waals surface area contributed by atoms with Gasteiger partial charge in [0, 0.05) is 19.1 Å². The molecule has 0 spiro atoms. The van der Waals surface area contributed by atoms with Gasteiger partial charge in [-0.3, -0.25) is 4.90 Å². The predicted octanol–water partition coefficient (Wildman–Crippen LogP) is -0.224. The molecule has 2 fully saturated rings. The van der Waals surface area contributed by atoms with Crippen LogP contribution in [0.4, 0.5) is 0 Å². The van der Waals surface area contributed by atoms with Crippen molar-refractivity contribution >= 4 is 10.0 Å². The molecule has 1 heterocycles. The molecule has 0 radical (unpaired) electrons. The van der Waals surface area contributed by atoms with E-state index in [4.69, 9.17) is 9.88 Å². The second-order valence-electron chi connectivity index (χ2n) is 4.74. The maximum atomic E-state index is 11.2. The summed E-state index contributed by atoms with van der Waals surface area (Å²) in [4.78, 5) is 2.37. The third-order valence-electron chi connectivity index (χ3n) is 3.58. The van der Waals surface area contributed by atoms with Crippen molar-refractivity contribution in [3.8, 4) is 0 Å². The lowest BCUT2D eigenvalue weighted by molar-refractivity contribution is 0.0102. The summed E-state index contributed by atoms with van der Waals surface area (Å²) in [5.41, 5.74) is 0. The lowest BCUT2D eigenvalue weighted by atomic mass is 10.0. The molecule has 1 aliphatic carbocycles. The summed E-state index contributed by atoms with van der Waals surface area (Å²) >= 11 is 0. The summed E-state index contributed by atoms with van der Waals surface area (Å²) in [6.07, 6.45) is 3.20. The molecule has 16 heavy (non-hydrogen) atoms. The first-order valence-corrected chi connectivity index (χ1v) is 7.60. The van der Waals surface area contributed by atoms with Crippen molar-refractivity contribution in [1.29, 1.82) is 0 Å². The average molecular weight is 248 g/mol. The number of ether oxygens (including phenoxy) is 1. The standard InChI is InChI=1S/C10H20N2O3S/c11-16(13,14)8-9-2-1-3-10(9)12-4-6-15-7-5-12/h9-10H,1-8H2,(H2,11,13,14). The van der Waals surface area contributed by atoms with E-state index < -0.39 is 10.0 Å². The molecule has 94 valence electrons. The van der Waals surface area contributed by atoms with Crippen LogP contribution in [-0.4, -0.2) is 51.4 Å². The van der Waals surface area contributed by atoms with Crippen LogP contribution in [0, 0.1) is 5.92 Å². The minimum Gasteiger partial charge on any atom is -0.379 e. The normalized spacial score (nSPS) is 33.1. The number of rotatable bonds is 3. The Kier molecular flexibility index (Phi) is 3.84. The molecule has 6 heteroatoms. The Hall–Kier alpha value is -0.170. The maximum absolute atomic E-state index is 11.2. The molecular formula is C10H20N2O3S. The zero-order valence-electron chi connectivity index (χ0n) is 9.47.